The topological polar surface area (TPSA) is 0 Å². The fourth-order valence-electron chi connectivity index (χ4n) is 10.7. The van der Waals surface area contributed by atoms with Crippen molar-refractivity contribution >= 4 is 153 Å². The molecule has 0 nitrogen and oxygen atoms in total. The summed E-state index contributed by atoms with van der Waals surface area (Å²) in [6, 6.07) is 8.48. The average Bonchev–Trinajstić information content (AvgIpc) is 2.94. The van der Waals surface area contributed by atoms with E-state index in [1.54, 1.807) is 78.9 Å². The van der Waals surface area contributed by atoms with Gasteiger partial charge in [-0.1, -0.05) is 258 Å². The van der Waals surface area contributed by atoms with Crippen molar-refractivity contribution in [2.24, 2.45) is 0 Å². The second-order valence-corrected chi connectivity index (χ2v) is 77.7. The Morgan fingerprint density at radius 3 is 0.508 bits per heavy atom. The first kappa shape index (κ1) is 53.5. The van der Waals surface area contributed by atoms with Gasteiger partial charge < -0.3 is 0 Å². The summed E-state index contributed by atoms with van der Waals surface area (Å²) in [5.41, 5.74) is 4.82. The Bertz CT molecular complexity index is 1860. The van der Waals surface area contributed by atoms with Gasteiger partial charge in [-0.05, 0) is 36.3 Å². The number of benzene rings is 3. The van der Waals surface area contributed by atoms with Crippen LogP contribution in [0.25, 0.3) is 0 Å². The Morgan fingerprint density at radius 2 is 0.390 bits per heavy atom. The van der Waals surface area contributed by atoms with Crippen LogP contribution in [0.3, 0.4) is 0 Å². The molecule has 0 heterocycles. The van der Waals surface area contributed by atoms with Crippen LogP contribution >= 0.6 is 11.1 Å². The largest absolute Gasteiger partial charge is 0.247 e. The molecule has 0 spiro atoms. The Hall–Kier alpha value is 0.119. The summed E-state index contributed by atoms with van der Waals surface area (Å²) in [7, 11) is -20.7. The van der Waals surface area contributed by atoms with E-state index in [2.05, 4.69) is 216 Å². The molecule has 332 valence electrons. The highest BCUT2D eigenvalue weighted by Crippen LogP contribution is 2.24. The van der Waals surface area contributed by atoms with Crippen LogP contribution < -0.4 is 62.2 Å². The van der Waals surface area contributed by atoms with Gasteiger partial charge in [0.1, 0.15) is 0 Å². The van der Waals surface area contributed by atoms with Gasteiger partial charge in [-0.25, -0.2) is 0 Å². The minimum atomic E-state index is -3.42. The molecule has 0 N–H and O–H groups in total. The van der Waals surface area contributed by atoms with Crippen LogP contribution in [0.5, 0.6) is 0 Å². The van der Waals surface area contributed by atoms with Crippen molar-refractivity contribution in [3.8, 4) is 0 Å². The molecule has 0 atom stereocenters. The molecule has 0 aliphatic heterocycles. The molecule has 0 amide bonds. The predicted molar refractivity (Wildman–Crippen MR) is 311 cm³/mol. The molecular weight excluding hydrogens is 893 g/mol. The van der Waals surface area contributed by atoms with E-state index in [0.717, 1.165) is 0 Å². The highest BCUT2D eigenvalue weighted by atomic mass is 35.6. The lowest BCUT2D eigenvalue weighted by atomic mass is 10.2. The van der Waals surface area contributed by atoms with Gasteiger partial charge in [0, 0.05) is 0 Å². The summed E-state index contributed by atoms with van der Waals surface area (Å²) in [4.78, 5) is 0. The second kappa shape index (κ2) is 16.2. The van der Waals surface area contributed by atoms with Crippen molar-refractivity contribution in [1.82, 2.24) is 0 Å². The number of hydrogen-bond acceptors (Lipinski definition) is 0. The second-order valence-electron chi connectivity index (χ2n) is 27.9. The molecule has 3 aromatic rings. The molecule has 59 heavy (non-hydrogen) atoms. The highest BCUT2D eigenvalue weighted by molar-refractivity contribution is 7.46. The highest BCUT2D eigenvalue weighted by Gasteiger charge is 2.55. The van der Waals surface area contributed by atoms with Gasteiger partial charge in [0.2, 0.25) is 7.38 Å². The smallest absolute Gasteiger partial charge is 0.149 e. The Morgan fingerprint density at radius 1 is 0.237 bits per heavy atom. The monoisotopic (exact) mass is 984 g/mol. The van der Waals surface area contributed by atoms with Crippen LogP contribution in [0.4, 0.5) is 0 Å². The Labute approximate surface area is 382 Å². The lowest BCUT2D eigenvalue weighted by molar-refractivity contribution is 1.51. The molecule has 11 heteroatoms. The van der Waals surface area contributed by atoms with Crippen molar-refractivity contribution in [3.63, 3.8) is 0 Å². The van der Waals surface area contributed by atoms with E-state index >= 15 is 0 Å². The molecule has 3 aromatic carbocycles. The zero-order valence-corrected chi connectivity index (χ0v) is 55.4. The molecule has 0 aliphatic carbocycles. The molecule has 0 aromatic heterocycles. The third kappa shape index (κ3) is 10.5. The molecule has 0 fully saturated rings. The molecule has 0 saturated heterocycles. The van der Waals surface area contributed by atoms with E-state index < -0.39 is 80.0 Å². The number of halogens is 1. The van der Waals surface area contributed by atoms with Gasteiger partial charge in [-0.3, -0.25) is 0 Å². The van der Waals surface area contributed by atoms with Crippen molar-refractivity contribution in [1.29, 1.82) is 0 Å². The van der Waals surface area contributed by atoms with E-state index in [9.17, 15) is 11.1 Å². The first-order valence-electron chi connectivity index (χ1n) is 22.9. The maximum atomic E-state index is 10.0. The van der Waals surface area contributed by atoms with Gasteiger partial charge in [0.05, 0.1) is 72.7 Å². The average molecular weight is 987 g/mol. The minimum Gasteiger partial charge on any atom is -0.149 e. The summed E-state index contributed by atoms with van der Waals surface area (Å²) >= 11 is 10.0. The zero-order chi connectivity index (χ0) is 46.8. The van der Waals surface area contributed by atoms with E-state index in [1.165, 1.54) is 0 Å². The predicted octanol–water partition coefficient (Wildman–Crippen LogP) is 8.72. The number of hydrogen-bond donors (Lipinski definition) is 0. The lowest BCUT2D eigenvalue weighted by Crippen LogP contribution is -2.88. The third-order valence-corrected chi connectivity index (χ3v) is 38.5. The van der Waals surface area contributed by atoms with Gasteiger partial charge >= 0.3 is 0 Å². The van der Waals surface area contributed by atoms with E-state index in [0.29, 0.717) is 0 Å². The maximum absolute atomic E-state index is 10.0. The first-order valence-corrected chi connectivity index (χ1v) is 57.4. The van der Waals surface area contributed by atoms with Crippen LogP contribution in [-0.4, -0.2) is 80.0 Å². The zero-order valence-electron chi connectivity index (χ0n) is 44.6. The quantitative estimate of drug-likeness (QED) is 0.0969. The molecule has 0 unspecified atom stereocenters. The maximum Gasteiger partial charge on any atom is 0.247 e. The fraction of sp³-hybridized carbons (Fsp3) is 0.625. The standard InChI is InChI=1S/C48H93ClSi10/c1-34-37(50(4,5)6)31-40(53(13,14)15)46(43(34)56(22,23)24)59(49,47-41(54(16,17)18)32-38(51(7,8)9)35(2)44(47)57(25,26)27)48-42(55(19,20)21)33-39(52(10,11)12)36(3)45(48)58(28,29)30/h31-33H,1-30H3. The van der Waals surface area contributed by atoms with Crippen LogP contribution in [0.2, 0.25) is 177 Å². The Kier molecular flexibility index (Phi) is 14.7. The van der Waals surface area contributed by atoms with Crippen molar-refractivity contribution in [2.75, 3.05) is 0 Å². The number of rotatable bonds is 12. The third-order valence-electron chi connectivity index (χ3n) is 12.9. The fourth-order valence-corrected chi connectivity index (χ4v) is 45.2. The molecule has 0 saturated carbocycles. The lowest BCUT2D eigenvalue weighted by Gasteiger charge is -2.48. The summed E-state index contributed by atoms with van der Waals surface area (Å²) in [5.74, 6) is 0. The normalized spacial score (nSPS) is 14.7. The summed E-state index contributed by atoms with van der Waals surface area (Å²) in [6.45, 7) is 79.0. The SMILES string of the molecule is Cc1c([Si](C)(C)C)cc([Si](C)(C)C)c([Si](Cl)(c2c([Si](C)(C)C)cc([Si](C)(C)C)c(C)c2[Si](C)(C)C)c2c([Si](C)(C)C)cc([Si](C)(C)C)c(C)c2[Si](C)(C)C)c1[Si](C)(C)C. The first-order chi connectivity index (χ1) is 25.6. The van der Waals surface area contributed by atoms with Gasteiger partial charge in [-0.2, -0.15) is 0 Å². The van der Waals surface area contributed by atoms with Gasteiger partial charge in [-0.15, -0.1) is 11.1 Å². The minimum absolute atomic E-state index is 1.61. The van der Waals surface area contributed by atoms with Crippen LogP contribution in [-0.2, 0) is 0 Å². The van der Waals surface area contributed by atoms with Crippen molar-refractivity contribution in [2.45, 2.75) is 198 Å². The summed E-state index contributed by atoms with van der Waals surface area (Å²) in [5, 5.41) is 20.4. The van der Waals surface area contributed by atoms with E-state index in [4.69, 9.17) is 0 Å². The van der Waals surface area contributed by atoms with Crippen LogP contribution in [0.1, 0.15) is 16.7 Å². The van der Waals surface area contributed by atoms with Gasteiger partial charge in [0.25, 0.3) is 0 Å². The molecule has 0 bridgehead atoms. The molecule has 0 aliphatic rings. The van der Waals surface area contributed by atoms with Crippen molar-refractivity contribution < 1.29 is 0 Å². The summed E-state index contributed by atoms with van der Waals surface area (Å²) < 4.78 is 0. The van der Waals surface area contributed by atoms with E-state index in [1.807, 2.05) is 0 Å². The van der Waals surface area contributed by atoms with Crippen LogP contribution in [0.15, 0.2) is 18.2 Å². The van der Waals surface area contributed by atoms with Crippen LogP contribution in [0, 0.1) is 20.8 Å². The Balaban J connectivity index is 3.37. The molecule has 0 radical (unpaired) electrons. The van der Waals surface area contributed by atoms with Crippen molar-refractivity contribution in [3.05, 3.63) is 34.9 Å². The summed E-state index contributed by atoms with van der Waals surface area (Å²) in [6.07, 6.45) is 0. The molecular formula is C48H93ClSi10. The van der Waals surface area contributed by atoms with Gasteiger partial charge in [0.15, 0.2) is 0 Å². The molecule has 3 rings (SSSR count). The van der Waals surface area contributed by atoms with E-state index in [-0.39, 0.29) is 0 Å².